The van der Waals surface area contributed by atoms with Gasteiger partial charge in [0.1, 0.15) is 0 Å². The highest BCUT2D eigenvalue weighted by molar-refractivity contribution is 5.38. The van der Waals surface area contributed by atoms with Crippen LogP contribution in [0.2, 0.25) is 0 Å². The highest BCUT2D eigenvalue weighted by Crippen LogP contribution is 2.17. The lowest BCUT2D eigenvalue weighted by atomic mass is 10.3. The van der Waals surface area contributed by atoms with Crippen LogP contribution in [0.15, 0.2) is 0 Å². The van der Waals surface area contributed by atoms with E-state index in [0.717, 1.165) is 38.8 Å². The summed E-state index contributed by atoms with van der Waals surface area (Å²) in [7, 11) is 0. The van der Waals surface area contributed by atoms with Gasteiger partial charge < -0.3 is 30.2 Å². The van der Waals surface area contributed by atoms with Gasteiger partial charge in [-0.1, -0.05) is 26.7 Å². The van der Waals surface area contributed by atoms with Crippen LogP contribution in [0, 0.1) is 0 Å². The summed E-state index contributed by atoms with van der Waals surface area (Å²) in [6.45, 7) is 13.4. The van der Waals surface area contributed by atoms with Crippen LogP contribution >= 0.6 is 0 Å². The SMILES string of the molecule is CCCCN(CCCC)c1nc(NCCOCCOCCN)nc(OC(C)C)n1. The minimum Gasteiger partial charge on any atom is -0.461 e. The average Bonchev–Trinajstić information content (AvgIpc) is 2.69. The fraction of sp³-hybridized carbons (Fsp3) is 0.850. The Hall–Kier alpha value is -1.71. The van der Waals surface area contributed by atoms with Crippen molar-refractivity contribution in [3.63, 3.8) is 0 Å². The maximum absolute atomic E-state index is 5.75. The number of unbranched alkanes of at least 4 members (excludes halogenated alkanes) is 2. The van der Waals surface area contributed by atoms with E-state index >= 15 is 0 Å². The molecule has 0 spiro atoms. The molecular weight excluding hydrogens is 372 g/mol. The lowest BCUT2D eigenvalue weighted by Gasteiger charge is -2.23. The molecule has 3 N–H and O–H groups in total. The predicted molar refractivity (Wildman–Crippen MR) is 117 cm³/mol. The molecule has 0 saturated heterocycles. The first-order valence-corrected chi connectivity index (χ1v) is 10.9. The molecule has 9 nitrogen and oxygen atoms in total. The number of nitrogens with one attached hydrogen (secondary N) is 1. The molecule has 0 amide bonds. The van der Waals surface area contributed by atoms with Gasteiger partial charge in [0.2, 0.25) is 11.9 Å². The van der Waals surface area contributed by atoms with E-state index in [4.69, 9.17) is 19.9 Å². The number of nitrogens with two attached hydrogens (primary N) is 1. The Morgan fingerprint density at radius 3 is 2.17 bits per heavy atom. The third-order valence-corrected chi connectivity index (χ3v) is 3.95. The van der Waals surface area contributed by atoms with E-state index in [2.05, 4.69) is 39.0 Å². The number of anilines is 2. The molecular formula is C20H40N6O3. The molecule has 1 heterocycles. The van der Waals surface area contributed by atoms with Crippen molar-refractivity contribution in [2.24, 2.45) is 5.73 Å². The molecule has 0 fully saturated rings. The monoisotopic (exact) mass is 412 g/mol. The smallest absolute Gasteiger partial charge is 0.323 e. The van der Waals surface area contributed by atoms with Crippen LogP contribution in [0.1, 0.15) is 53.4 Å². The van der Waals surface area contributed by atoms with Crippen molar-refractivity contribution >= 4 is 11.9 Å². The summed E-state index contributed by atoms with van der Waals surface area (Å²) in [5.74, 6) is 1.17. The Morgan fingerprint density at radius 1 is 0.931 bits per heavy atom. The summed E-state index contributed by atoms with van der Waals surface area (Å²) in [5, 5.41) is 3.21. The topological polar surface area (TPSA) is 108 Å². The summed E-state index contributed by atoms with van der Waals surface area (Å²) >= 11 is 0. The molecule has 9 heteroatoms. The molecule has 0 radical (unpaired) electrons. The van der Waals surface area contributed by atoms with Crippen LogP contribution in [-0.2, 0) is 9.47 Å². The number of ether oxygens (including phenoxy) is 3. The average molecular weight is 413 g/mol. The Balaban J connectivity index is 2.70. The molecule has 0 aliphatic carbocycles. The van der Waals surface area contributed by atoms with E-state index < -0.39 is 0 Å². The molecule has 1 rings (SSSR count). The first-order valence-electron chi connectivity index (χ1n) is 10.9. The van der Waals surface area contributed by atoms with E-state index in [-0.39, 0.29) is 6.10 Å². The highest BCUT2D eigenvalue weighted by atomic mass is 16.5. The van der Waals surface area contributed by atoms with Gasteiger partial charge >= 0.3 is 6.01 Å². The molecule has 168 valence electrons. The lowest BCUT2D eigenvalue weighted by Crippen LogP contribution is -2.28. The van der Waals surface area contributed by atoms with Gasteiger partial charge in [-0.3, -0.25) is 0 Å². The van der Waals surface area contributed by atoms with Crippen molar-refractivity contribution in [2.45, 2.75) is 59.5 Å². The second-order valence-electron chi connectivity index (χ2n) is 7.04. The van der Waals surface area contributed by atoms with Crippen LogP contribution in [0.5, 0.6) is 6.01 Å². The molecule has 0 aromatic carbocycles. The van der Waals surface area contributed by atoms with Crippen molar-refractivity contribution in [2.75, 3.05) is 62.8 Å². The summed E-state index contributed by atoms with van der Waals surface area (Å²) in [5.41, 5.74) is 5.38. The fourth-order valence-corrected chi connectivity index (χ4v) is 2.48. The fourth-order valence-electron chi connectivity index (χ4n) is 2.48. The zero-order chi connectivity index (χ0) is 21.3. The summed E-state index contributed by atoms with van der Waals surface area (Å²) in [4.78, 5) is 15.8. The van der Waals surface area contributed by atoms with Crippen LogP contribution in [0.4, 0.5) is 11.9 Å². The second kappa shape index (κ2) is 16.1. The minimum absolute atomic E-state index is 0.00492. The van der Waals surface area contributed by atoms with Gasteiger partial charge in [-0.15, -0.1) is 0 Å². The van der Waals surface area contributed by atoms with Gasteiger partial charge in [-0.2, -0.15) is 15.0 Å². The lowest BCUT2D eigenvalue weighted by molar-refractivity contribution is 0.0547. The number of hydrogen-bond acceptors (Lipinski definition) is 9. The largest absolute Gasteiger partial charge is 0.461 e. The first kappa shape index (κ1) is 25.3. The molecule has 0 atom stereocenters. The Morgan fingerprint density at radius 2 is 1.59 bits per heavy atom. The zero-order valence-electron chi connectivity index (χ0n) is 18.7. The van der Waals surface area contributed by atoms with E-state index in [1.54, 1.807) is 0 Å². The van der Waals surface area contributed by atoms with Gasteiger partial charge in [0.15, 0.2) is 0 Å². The second-order valence-corrected chi connectivity index (χ2v) is 7.04. The number of nitrogens with zero attached hydrogens (tertiary/aromatic N) is 4. The van der Waals surface area contributed by atoms with Gasteiger partial charge in [0.05, 0.1) is 32.5 Å². The van der Waals surface area contributed by atoms with E-state index in [0.29, 0.717) is 57.4 Å². The molecule has 0 saturated carbocycles. The van der Waals surface area contributed by atoms with Crippen molar-refractivity contribution in [1.82, 2.24) is 15.0 Å². The number of hydrogen-bond donors (Lipinski definition) is 2. The molecule has 0 bridgehead atoms. The quantitative estimate of drug-likeness (QED) is 0.351. The van der Waals surface area contributed by atoms with E-state index in [1.165, 1.54) is 0 Å². The van der Waals surface area contributed by atoms with E-state index in [1.807, 2.05) is 13.8 Å². The normalized spacial score (nSPS) is 11.1. The summed E-state index contributed by atoms with van der Waals surface area (Å²) in [6.07, 6.45) is 4.44. The predicted octanol–water partition coefficient (Wildman–Crippen LogP) is 2.47. The maximum atomic E-state index is 5.75. The van der Waals surface area contributed by atoms with Crippen LogP contribution in [-0.4, -0.2) is 73.7 Å². The Bertz CT molecular complexity index is 525. The van der Waals surface area contributed by atoms with Gasteiger partial charge in [0.25, 0.3) is 0 Å². The van der Waals surface area contributed by atoms with Crippen molar-refractivity contribution in [1.29, 1.82) is 0 Å². The Kier molecular flexibility index (Phi) is 14.1. The molecule has 0 aliphatic heterocycles. The molecule has 1 aromatic rings. The number of rotatable bonds is 18. The first-order chi connectivity index (χ1) is 14.1. The van der Waals surface area contributed by atoms with Gasteiger partial charge in [0, 0.05) is 26.2 Å². The van der Waals surface area contributed by atoms with Crippen molar-refractivity contribution in [3.8, 4) is 6.01 Å². The minimum atomic E-state index is -0.00492. The maximum Gasteiger partial charge on any atom is 0.323 e. The zero-order valence-corrected chi connectivity index (χ0v) is 18.7. The molecule has 0 unspecified atom stereocenters. The van der Waals surface area contributed by atoms with E-state index in [9.17, 15) is 0 Å². The highest BCUT2D eigenvalue weighted by Gasteiger charge is 2.14. The standard InChI is InChI=1S/C20H40N6O3/c1-5-7-11-26(12-8-6-2)19-23-18(24-20(25-19)29-17(3)4)22-10-14-28-16-15-27-13-9-21/h17H,5-16,21H2,1-4H3,(H,22,23,24,25). The van der Waals surface area contributed by atoms with Gasteiger partial charge in [-0.05, 0) is 26.7 Å². The molecule has 0 aliphatic rings. The van der Waals surface area contributed by atoms with Gasteiger partial charge in [-0.25, -0.2) is 0 Å². The van der Waals surface area contributed by atoms with Crippen LogP contribution < -0.4 is 20.7 Å². The Labute approximate surface area is 175 Å². The summed E-state index contributed by atoms with van der Waals surface area (Å²) < 4.78 is 16.6. The molecule has 1 aromatic heterocycles. The molecule has 29 heavy (non-hydrogen) atoms. The van der Waals surface area contributed by atoms with Crippen LogP contribution in [0.25, 0.3) is 0 Å². The van der Waals surface area contributed by atoms with Crippen LogP contribution in [0.3, 0.4) is 0 Å². The van der Waals surface area contributed by atoms with Crippen molar-refractivity contribution < 1.29 is 14.2 Å². The third-order valence-electron chi connectivity index (χ3n) is 3.95. The van der Waals surface area contributed by atoms with Crippen molar-refractivity contribution in [3.05, 3.63) is 0 Å². The third kappa shape index (κ3) is 11.8. The summed E-state index contributed by atoms with van der Waals surface area (Å²) in [6, 6.07) is 0.349. The number of aromatic nitrogens is 3.